The molecule has 1 aliphatic heterocycles. The molecule has 1 fully saturated rings. The Morgan fingerprint density at radius 3 is 2.70 bits per heavy atom. The average molecular weight is 421 g/mol. The topological polar surface area (TPSA) is 61.8 Å². The summed E-state index contributed by atoms with van der Waals surface area (Å²) in [5.41, 5.74) is 1.08. The lowest BCUT2D eigenvalue weighted by Crippen LogP contribution is -2.48. The third-order valence-corrected chi connectivity index (χ3v) is 4.99. The highest BCUT2D eigenvalue weighted by Gasteiger charge is 2.21. The molecule has 0 bridgehead atoms. The van der Waals surface area contributed by atoms with Crippen LogP contribution in [-0.2, 0) is 13.1 Å². The minimum absolute atomic E-state index is 0.0209. The van der Waals surface area contributed by atoms with Crippen molar-refractivity contribution in [3.8, 4) is 5.75 Å². The lowest BCUT2D eigenvalue weighted by Gasteiger charge is -2.32. The van der Waals surface area contributed by atoms with Crippen molar-refractivity contribution in [1.82, 2.24) is 20.5 Å². The number of benzene rings is 1. The van der Waals surface area contributed by atoms with Gasteiger partial charge in [-0.2, -0.15) is 8.78 Å². The normalized spacial score (nSPS) is 16.0. The summed E-state index contributed by atoms with van der Waals surface area (Å²) in [7, 11) is 1.61. The summed E-state index contributed by atoms with van der Waals surface area (Å²) in [6.45, 7) is -0.372. The number of nitrogens with zero attached hydrogens (tertiary/aromatic N) is 3. The van der Waals surface area contributed by atoms with Crippen molar-refractivity contribution in [2.45, 2.75) is 38.6 Å². The minimum atomic E-state index is -3.01. The second kappa shape index (κ2) is 10.8. The molecule has 0 aliphatic carbocycles. The Labute approximate surface area is 174 Å². The van der Waals surface area contributed by atoms with Crippen LogP contribution in [0.1, 0.15) is 24.1 Å². The van der Waals surface area contributed by atoms with Gasteiger partial charge in [0.05, 0.1) is 5.69 Å². The number of aliphatic imine (C=N–C) groups is 1. The van der Waals surface area contributed by atoms with Gasteiger partial charge in [0.1, 0.15) is 11.6 Å². The van der Waals surface area contributed by atoms with Gasteiger partial charge in [0.15, 0.2) is 5.96 Å². The standard InChI is InChI=1S/C21H26F3N5O/c1-25-21(27-13-17-18(22)6-4-7-19(17)30-20(23)24)28-15-8-11-29(12-9-15)14-16-5-2-3-10-26-16/h2-7,10,15,20H,8-9,11-14H2,1H3,(H2,25,27,28). The van der Waals surface area contributed by atoms with Crippen molar-refractivity contribution >= 4 is 5.96 Å². The first-order chi connectivity index (χ1) is 14.5. The number of hydrogen-bond donors (Lipinski definition) is 2. The zero-order chi connectivity index (χ0) is 21.3. The van der Waals surface area contributed by atoms with Gasteiger partial charge in [-0.05, 0) is 37.1 Å². The van der Waals surface area contributed by atoms with Crippen LogP contribution in [0.3, 0.4) is 0 Å². The van der Waals surface area contributed by atoms with Crippen LogP contribution >= 0.6 is 0 Å². The van der Waals surface area contributed by atoms with Crippen LogP contribution < -0.4 is 15.4 Å². The van der Waals surface area contributed by atoms with Crippen LogP contribution in [-0.4, -0.2) is 48.6 Å². The van der Waals surface area contributed by atoms with Gasteiger partial charge >= 0.3 is 6.61 Å². The summed E-state index contributed by atoms with van der Waals surface area (Å²) in [5, 5.41) is 6.31. The summed E-state index contributed by atoms with van der Waals surface area (Å²) in [5.74, 6) is -0.306. The molecule has 30 heavy (non-hydrogen) atoms. The Hall–Kier alpha value is -2.81. The zero-order valence-corrected chi connectivity index (χ0v) is 16.8. The van der Waals surface area contributed by atoms with Gasteiger partial charge in [-0.25, -0.2) is 4.39 Å². The Morgan fingerprint density at radius 2 is 2.03 bits per heavy atom. The molecule has 1 saturated heterocycles. The fourth-order valence-electron chi connectivity index (χ4n) is 3.43. The summed E-state index contributed by atoms with van der Waals surface area (Å²) < 4.78 is 43.7. The van der Waals surface area contributed by atoms with Crippen molar-refractivity contribution in [3.05, 3.63) is 59.7 Å². The Kier molecular flexibility index (Phi) is 7.89. The predicted molar refractivity (Wildman–Crippen MR) is 109 cm³/mol. The van der Waals surface area contributed by atoms with Gasteiger partial charge in [-0.3, -0.25) is 14.9 Å². The molecule has 0 amide bonds. The summed E-state index contributed by atoms with van der Waals surface area (Å²) in [6, 6.07) is 9.99. The van der Waals surface area contributed by atoms with E-state index in [9.17, 15) is 13.2 Å². The fourth-order valence-corrected chi connectivity index (χ4v) is 3.43. The van der Waals surface area contributed by atoms with Crippen molar-refractivity contribution in [1.29, 1.82) is 0 Å². The van der Waals surface area contributed by atoms with E-state index in [2.05, 4.69) is 30.2 Å². The van der Waals surface area contributed by atoms with E-state index in [1.807, 2.05) is 18.2 Å². The molecule has 2 heterocycles. The van der Waals surface area contributed by atoms with Crippen LogP contribution in [0.5, 0.6) is 5.75 Å². The van der Waals surface area contributed by atoms with Gasteiger partial charge in [0.25, 0.3) is 0 Å². The smallest absolute Gasteiger partial charge is 0.387 e. The van der Waals surface area contributed by atoms with Crippen LogP contribution in [0.25, 0.3) is 0 Å². The Balaban J connectivity index is 1.49. The van der Waals surface area contributed by atoms with Gasteiger partial charge in [0, 0.05) is 51.0 Å². The monoisotopic (exact) mass is 421 g/mol. The average Bonchev–Trinajstić information content (AvgIpc) is 2.74. The van der Waals surface area contributed by atoms with E-state index < -0.39 is 12.4 Å². The van der Waals surface area contributed by atoms with Crippen molar-refractivity contribution < 1.29 is 17.9 Å². The number of guanidine groups is 1. The molecule has 1 aromatic carbocycles. The maximum absolute atomic E-state index is 14.1. The number of hydrogen-bond acceptors (Lipinski definition) is 4. The Bertz CT molecular complexity index is 827. The molecule has 0 saturated carbocycles. The molecule has 2 N–H and O–H groups in total. The minimum Gasteiger partial charge on any atom is -0.434 e. The van der Waals surface area contributed by atoms with Crippen molar-refractivity contribution in [2.24, 2.45) is 4.99 Å². The van der Waals surface area contributed by atoms with Crippen LogP contribution in [0.4, 0.5) is 13.2 Å². The van der Waals surface area contributed by atoms with E-state index in [1.165, 1.54) is 18.2 Å². The van der Waals surface area contributed by atoms with E-state index in [0.717, 1.165) is 38.2 Å². The molecule has 0 atom stereocenters. The van der Waals surface area contributed by atoms with Gasteiger partial charge < -0.3 is 15.4 Å². The number of rotatable bonds is 7. The third kappa shape index (κ3) is 6.35. The number of alkyl halides is 2. The summed E-state index contributed by atoms with van der Waals surface area (Å²) in [6.07, 6.45) is 3.65. The van der Waals surface area contributed by atoms with Gasteiger partial charge in [-0.1, -0.05) is 12.1 Å². The lowest BCUT2D eigenvalue weighted by molar-refractivity contribution is -0.0506. The number of halogens is 3. The van der Waals surface area contributed by atoms with Crippen LogP contribution in [0, 0.1) is 5.82 Å². The molecule has 1 aliphatic rings. The number of aromatic nitrogens is 1. The number of likely N-dealkylation sites (tertiary alicyclic amines) is 1. The second-order valence-electron chi connectivity index (χ2n) is 7.04. The highest BCUT2D eigenvalue weighted by Crippen LogP contribution is 2.23. The second-order valence-corrected chi connectivity index (χ2v) is 7.04. The van der Waals surface area contributed by atoms with E-state index in [-0.39, 0.29) is 23.9 Å². The summed E-state index contributed by atoms with van der Waals surface area (Å²) >= 11 is 0. The third-order valence-electron chi connectivity index (χ3n) is 4.99. The van der Waals surface area contributed by atoms with E-state index in [4.69, 9.17) is 0 Å². The zero-order valence-electron chi connectivity index (χ0n) is 16.8. The number of nitrogens with one attached hydrogen (secondary N) is 2. The first-order valence-electron chi connectivity index (χ1n) is 9.87. The molecule has 162 valence electrons. The highest BCUT2D eigenvalue weighted by molar-refractivity contribution is 5.80. The molecule has 1 aromatic heterocycles. The van der Waals surface area contributed by atoms with Gasteiger partial charge in [0.2, 0.25) is 0 Å². The van der Waals surface area contributed by atoms with Gasteiger partial charge in [-0.15, -0.1) is 0 Å². The molecule has 0 unspecified atom stereocenters. The highest BCUT2D eigenvalue weighted by atomic mass is 19.3. The predicted octanol–water partition coefficient (Wildman–Crippen LogP) is 3.15. The quantitative estimate of drug-likeness (QED) is 0.531. The molecule has 0 radical (unpaired) electrons. The Morgan fingerprint density at radius 1 is 1.23 bits per heavy atom. The SMILES string of the molecule is CN=C(NCc1c(F)cccc1OC(F)F)NC1CCN(Cc2ccccn2)CC1. The first-order valence-corrected chi connectivity index (χ1v) is 9.87. The van der Waals surface area contributed by atoms with E-state index >= 15 is 0 Å². The maximum atomic E-state index is 14.1. The van der Waals surface area contributed by atoms with Crippen molar-refractivity contribution in [2.75, 3.05) is 20.1 Å². The van der Waals surface area contributed by atoms with Crippen molar-refractivity contribution in [3.63, 3.8) is 0 Å². The molecular weight excluding hydrogens is 395 g/mol. The first kappa shape index (κ1) is 21.9. The molecule has 0 spiro atoms. The lowest BCUT2D eigenvalue weighted by atomic mass is 10.0. The van der Waals surface area contributed by atoms with E-state index in [0.29, 0.717) is 5.96 Å². The number of piperidine rings is 1. The molecule has 2 aromatic rings. The number of pyridine rings is 1. The molecular formula is C21H26F3N5O. The maximum Gasteiger partial charge on any atom is 0.387 e. The largest absolute Gasteiger partial charge is 0.434 e. The van der Waals surface area contributed by atoms with E-state index in [1.54, 1.807) is 13.2 Å². The summed E-state index contributed by atoms with van der Waals surface area (Å²) in [4.78, 5) is 10.9. The molecule has 3 rings (SSSR count). The number of ether oxygens (including phenoxy) is 1. The van der Waals surface area contributed by atoms with Crippen LogP contribution in [0.2, 0.25) is 0 Å². The molecule has 6 nitrogen and oxygen atoms in total. The van der Waals surface area contributed by atoms with Crippen LogP contribution in [0.15, 0.2) is 47.6 Å². The molecule has 9 heteroatoms. The fraction of sp³-hybridized carbons (Fsp3) is 0.429.